The highest BCUT2D eigenvalue weighted by Crippen LogP contribution is 2.09. The first-order valence-corrected chi connectivity index (χ1v) is 10.4. The molecule has 0 saturated carbocycles. The van der Waals surface area contributed by atoms with Crippen LogP contribution in [0.1, 0.15) is 31.4 Å². The van der Waals surface area contributed by atoms with E-state index >= 15 is 0 Å². The van der Waals surface area contributed by atoms with Crippen LogP contribution in [0, 0.1) is 5.92 Å². The van der Waals surface area contributed by atoms with Crippen molar-refractivity contribution in [2.45, 2.75) is 51.2 Å². The Kier molecular flexibility index (Phi) is 9.21. The van der Waals surface area contributed by atoms with Crippen LogP contribution in [-0.2, 0) is 27.2 Å². The fourth-order valence-electron chi connectivity index (χ4n) is 3.26. The van der Waals surface area contributed by atoms with Crippen molar-refractivity contribution >= 4 is 17.8 Å². The first kappa shape index (κ1) is 24.1. The average Bonchev–Trinajstić information content (AvgIpc) is 2.73. The Hall–Kier alpha value is -3.19. The molecular weight excluding hydrogens is 394 g/mol. The van der Waals surface area contributed by atoms with Gasteiger partial charge in [0.05, 0.1) is 6.04 Å². The molecule has 0 radical (unpaired) electrons. The van der Waals surface area contributed by atoms with Gasteiger partial charge in [0.2, 0.25) is 11.8 Å². The van der Waals surface area contributed by atoms with E-state index in [0.29, 0.717) is 12.8 Å². The molecule has 0 aliphatic heterocycles. The van der Waals surface area contributed by atoms with E-state index in [9.17, 15) is 19.5 Å². The molecule has 0 bridgehead atoms. The Bertz CT molecular complexity index is 856. The lowest BCUT2D eigenvalue weighted by Crippen LogP contribution is -2.55. The lowest BCUT2D eigenvalue weighted by atomic mass is 10.0. The van der Waals surface area contributed by atoms with Gasteiger partial charge in [-0.05, 0) is 29.9 Å². The highest BCUT2D eigenvalue weighted by atomic mass is 16.4. The molecule has 2 aromatic carbocycles. The van der Waals surface area contributed by atoms with Crippen LogP contribution in [0.2, 0.25) is 0 Å². The molecule has 2 amide bonds. The van der Waals surface area contributed by atoms with Crippen LogP contribution >= 0.6 is 0 Å². The minimum absolute atomic E-state index is 0.0860. The van der Waals surface area contributed by atoms with Gasteiger partial charge in [-0.3, -0.25) is 9.59 Å². The van der Waals surface area contributed by atoms with Crippen molar-refractivity contribution in [2.24, 2.45) is 11.7 Å². The summed E-state index contributed by atoms with van der Waals surface area (Å²) in [4.78, 5) is 37.2. The van der Waals surface area contributed by atoms with Gasteiger partial charge in [0.1, 0.15) is 12.1 Å². The van der Waals surface area contributed by atoms with Crippen molar-refractivity contribution < 1.29 is 19.5 Å². The molecule has 0 saturated heterocycles. The Morgan fingerprint density at radius 1 is 0.806 bits per heavy atom. The molecule has 0 unspecified atom stereocenters. The van der Waals surface area contributed by atoms with Gasteiger partial charge in [-0.1, -0.05) is 74.5 Å². The van der Waals surface area contributed by atoms with Gasteiger partial charge < -0.3 is 21.5 Å². The molecule has 2 aromatic rings. The number of carboxylic acids is 1. The van der Waals surface area contributed by atoms with E-state index < -0.39 is 35.9 Å². The standard InChI is InChI=1S/C24H31N3O4/c1-16(2)13-21(24(30)31)27-23(29)20(15-18-11-7-4-8-12-18)26-22(28)19(25)14-17-9-5-3-6-10-17/h3-12,16,19-21H,13-15,25H2,1-2H3,(H,26,28)(H,27,29)(H,30,31)/t19-,20-,21-/m0/s1. The van der Waals surface area contributed by atoms with Gasteiger partial charge in [-0.15, -0.1) is 0 Å². The van der Waals surface area contributed by atoms with Gasteiger partial charge >= 0.3 is 5.97 Å². The first-order chi connectivity index (χ1) is 14.8. The third-order valence-corrected chi connectivity index (χ3v) is 4.87. The summed E-state index contributed by atoms with van der Waals surface area (Å²) in [7, 11) is 0. The van der Waals surface area contributed by atoms with Gasteiger partial charge in [0.25, 0.3) is 0 Å². The molecule has 7 heteroatoms. The van der Waals surface area contributed by atoms with Crippen molar-refractivity contribution in [3.63, 3.8) is 0 Å². The van der Waals surface area contributed by atoms with Gasteiger partial charge in [-0.2, -0.15) is 0 Å². The minimum Gasteiger partial charge on any atom is -0.480 e. The monoisotopic (exact) mass is 425 g/mol. The molecule has 0 aliphatic rings. The number of nitrogens with one attached hydrogen (secondary N) is 2. The number of hydrogen-bond acceptors (Lipinski definition) is 4. The number of carbonyl (C=O) groups is 3. The second-order valence-electron chi connectivity index (χ2n) is 8.08. The summed E-state index contributed by atoms with van der Waals surface area (Å²) in [6, 6.07) is 15.8. The SMILES string of the molecule is CC(C)C[C@H](NC(=O)[C@H](Cc1ccccc1)NC(=O)[C@@H](N)Cc1ccccc1)C(=O)O. The molecule has 31 heavy (non-hydrogen) atoms. The predicted octanol–water partition coefficient (Wildman–Crippen LogP) is 1.90. The maximum Gasteiger partial charge on any atom is 0.326 e. The fraction of sp³-hybridized carbons (Fsp3) is 0.375. The van der Waals surface area contributed by atoms with E-state index in [0.717, 1.165) is 11.1 Å². The van der Waals surface area contributed by atoms with Gasteiger partial charge in [0, 0.05) is 6.42 Å². The van der Waals surface area contributed by atoms with E-state index in [2.05, 4.69) is 10.6 Å². The van der Waals surface area contributed by atoms with E-state index in [4.69, 9.17) is 5.73 Å². The lowest BCUT2D eigenvalue weighted by Gasteiger charge is -2.24. The van der Waals surface area contributed by atoms with Gasteiger partial charge in [0.15, 0.2) is 0 Å². The number of aliphatic carboxylic acids is 1. The molecule has 0 aromatic heterocycles. The van der Waals surface area contributed by atoms with E-state index in [-0.39, 0.29) is 12.3 Å². The topological polar surface area (TPSA) is 122 Å². The average molecular weight is 426 g/mol. The Balaban J connectivity index is 2.12. The van der Waals surface area contributed by atoms with E-state index in [1.807, 2.05) is 74.5 Å². The second-order valence-corrected chi connectivity index (χ2v) is 8.08. The number of benzene rings is 2. The third-order valence-electron chi connectivity index (χ3n) is 4.87. The summed E-state index contributed by atoms with van der Waals surface area (Å²) >= 11 is 0. The predicted molar refractivity (Wildman–Crippen MR) is 119 cm³/mol. The fourth-order valence-corrected chi connectivity index (χ4v) is 3.26. The van der Waals surface area contributed by atoms with Crippen molar-refractivity contribution in [3.05, 3.63) is 71.8 Å². The largest absolute Gasteiger partial charge is 0.480 e. The van der Waals surface area contributed by atoms with Crippen molar-refractivity contribution in [2.75, 3.05) is 0 Å². The van der Waals surface area contributed by atoms with Crippen molar-refractivity contribution in [1.82, 2.24) is 10.6 Å². The van der Waals surface area contributed by atoms with Crippen LogP contribution in [0.25, 0.3) is 0 Å². The molecule has 0 heterocycles. The Morgan fingerprint density at radius 2 is 1.29 bits per heavy atom. The van der Waals surface area contributed by atoms with Crippen LogP contribution in [0.15, 0.2) is 60.7 Å². The van der Waals surface area contributed by atoms with Crippen LogP contribution in [-0.4, -0.2) is 41.0 Å². The van der Waals surface area contributed by atoms with Crippen LogP contribution in [0.4, 0.5) is 0 Å². The molecule has 3 atom stereocenters. The summed E-state index contributed by atoms with van der Waals surface area (Å²) in [6.45, 7) is 3.77. The minimum atomic E-state index is -1.10. The Labute approximate surface area is 183 Å². The van der Waals surface area contributed by atoms with Crippen LogP contribution in [0.3, 0.4) is 0 Å². The molecule has 166 valence electrons. The molecule has 0 aliphatic carbocycles. The molecular formula is C24H31N3O4. The van der Waals surface area contributed by atoms with Gasteiger partial charge in [-0.25, -0.2) is 4.79 Å². The number of carboxylic acid groups (broad SMARTS) is 1. The third kappa shape index (κ3) is 8.22. The number of carbonyl (C=O) groups excluding carboxylic acids is 2. The zero-order valence-corrected chi connectivity index (χ0v) is 18.0. The van der Waals surface area contributed by atoms with E-state index in [1.165, 1.54) is 0 Å². The summed E-state index contributed by atoms with van der Waals surface area (Å²) in [5, 5.41) is 14.7. The number of amides is 2. The highest BCUT2D eigenvalue weighted by molar-refractivity contribution is 5.92. The van der Waals surface area contributed by atoms with E-state index in [1.54, 1.807) is 0 Å². The lowest BCUT2D eigenvalue weighted by molar-refractivity contribution is -0.142. The summed E-state index contributed by atoms with van der Waals surface area (Å²) in [5.74, 6) is -2.02. The molecule has 2 rings (SSSR count). The highest BCUT2D eigenvalue weighted by Gasteiger charge is 2.28. The van der Waals surface area contributed by atoms with Crippen molar-refractivity contribution in [1.29, 1.82) is 0 Å². The number of rotatable bonds is 11. The summed E-state index contributed by atoms with van der Waals surface area (Å²) in [6.07, 6.45) is 0.850. The number of nitrogens with two attached hydrogens (primary N) is 1. The van der Waals surface area contributed by atoms with Crippen LogP contribution < -0.4 is 16.4 Å². The molecule has 7 nitrogen and oxygen atoms in total. The van der Waals surface area contributed by atoms with Crippen molar-refractivity contribution in [3.8, 4) is 0 Å². The molecule has 0 fully saturated rings. The second kappa shape index (κ2) is 11.9. The quantitative estimate of drug-likeness (QED) is 0.438. The molecule has 5 N–H and O–H groups in total. The molecule has 0 spiro atoms. The smallest absolute Gasteiger partial charge is 0.326 e. The zero-order valence-electron chi connectivity index (χ0n) is 18.0. The first-order valence-electron chi connectivity index (χ1n) is 10.4. The summed E-state index contributed by atoms with van der Waals surface area (Å²) in [5.41, 5.74) is 7.83. The Morgan fingerprint density at radius 3 is 1.77 bits per heavy atom. The van der Waals surface area contributed by atoms with Crippen LogP contribution in [0.5, 0.6) is 0 Å². The maximum absolute atomic E-state index is 12.9. The number of hydrogen-bond donors (Lipinski definition) is 4. The zero-order chi connectivity index (χ0) is 22.8. The summed E-state index contributed by atoms with van der Waals surface area (Å²) < 4.78 is 0. The normalized spacial score (nSPS) is 13.8. The maximum atomic E-state index is 12.9.